The standard InChI is InChI=1S/C20H20ClNO/c21-14-8-4-9-15(12-14)22-20(23)19-16-10-5-11-17(19)18(16)13-6-2-1-3-7-13/h1-4,6-9,12,16-19H,5,10-11H2,(H,22,23). The van der Waals surface area contributed by atoms with Crippen molar-refractivity contribution in [1.82, 2.24) is 0 Å². The van der Waals surface area contributed by atoms with Gasteiger partial charge in [0.05, 0.1) is 0 Å². The molecule has 0 aromatic heterocycles. The van der Waals surface area contributed by atoms with E-state index in [1.165, 1.54) is 12.0 Å². The molecule has 2 aliphatic carbocycles. The van der Waals surface area contributed by atoms with Gasteiger partial charge in [0.1, 0.15) is 0 Å². The quantitative estimate of drug-likeness (QED) is 0.835. The van der Waals surface area contributed by atoms with Crippen LogP contribution in [0.3, 0.4) is 0 Å². The van der Waals surface area contributed by atoms with E-state index in [2.05, 4.69) is 35.6 Å². The first-order valence-electron chi connectivity index (χ1n) is 8.35. The minimum atomic E-state index is 0.146. The molecular formula is C20H20ClNO. The highest BCUT2D eigenvalue weighted by Gasteiger charge is 2.55. The summed E-state index contributed by atoms with van der Waals surface area (Å²) in [6.45, 7) is 0. The fourth-order valence-corrected chi connectivity index (χ4v) is 4.78. The lowest BCUT2D eigenvalue weighted by atomic mass is 9.48. The van der Waals surface area contributed by atoms with Gasteiger partial charge in [0.15, 0.2) is 0 Å². The summed E-state index contributed by atoms with van der Waals surface area (Å²) in [5.41, 5.74) is 2.19. The molecule has 0 heterocycles. The van der Waals surface area contributed by atoms with Crippen molar-refractivity contribution in [1.29, 1.82) is 0 Å². The van der Waals surface area contributed by atoms with Crippen molar-refractivity contribution >= 4 is 23.2 Å². The molecule has 0 aliphatic heterocycles. The molecule has 2 bridgehead atoms. The van der Waals surface area contributed by atoms with Gasteiger partial charge in [-0.05, 0) is 54.4 Å². The van der Waals surface area contributed by atoms with Crippen LogP contribution < -0.4 is 5.32 Å². The molecule has 2 aromatic carbocycles. The Balaban J connectivity index is 1.51. The van der Waals surface area contributed by atoms with Crippen LogP contribution in [0.4, 0.5) is 5.69 Å². The summed E-state index contributed by atoms with van der Waals surface area (Å²) in [6, 6.07) is 18.1. The minimum absolute atomic E-state index is 0.146. The van der Waals surface area contributed by atoms with Crippen LogP contribution in [-0.4, -0.2) is 5.91 Å². The van der Waals surface area contributed by atoms with Gasteiger partial charge in [-0.15, -0.1) is 0 Å². The molecule has 2 atom stereocenters. The molecular weight excluding hydrogens is 306 g/mol. The third-order valence-electron chi connectivity index (χ3n) is 5.50. The molecule has 2 fully saturated rings. The highest BCUT2D eigenvalue weighted by atomic mass is 35.5. The molecule has 118 valence electrons. The lowest BCUT2D eigenvalue weighted by molar-refractivity contribution is -0.135. The summed E-state index contributed by atoms with van der Waals surface area (Å²) in [7, 11) is 0. The van der Waals surface area contributed by atoms with E-state index in [-0.39, 0.29) is 11.8 Å². The Hall–Kier alpha value is -1.80. The molecule has 4 rings (SSSR count). The van der Waals surface area contributed by atoms with Crippen molar-refractivity contribution in [2.75, 3.05) is 5.32 Å². The number of anilines is 1. The van der Waals surface area contributed by atoms with Crippen LogP contribution in [0.2, 0.25) is 5.02 Å². The zero-order valence-corrected chi connectivity index (χ0v) is 13.7. The third-order valence-corrected chi connectivity index (χ3v) is 5.73. The Morgan fingerprint density at radius 3 is 2.43 bits per heavy atom. The second-order valence-corrected chi connectivity index (χ2v) is 7.16. The summed E-state index contributed by atoms with van der Waals surface area (Å²) >= 11 is 6.00. The highest BCUT2D eigenvalue weighted by molar-refractivity contribution is 6.30. The van der Waals surface area contributed by atoms with E-state index >= 15 is 0 Å². The summed E-state index contributed by atoms with van der Waals surface area (Å²) in [5.74, 6) is 1.83. The van der Waals surface area contributed by atoms with E-state index < -0.39 is 0 Å². The SMILES string of the molecule is O=C(Nc1cccc(Cl)c1)C1C2CCCC1C2c1ccccc1. The van der Waals surface area contributed by atoms with Crippen molar-refractivity contribution in [2.45, 2.75) is 25.2 Å². The van der Waals surface area contributed by atoms with E-state index in [4.69, 9.17) is 11.6 Å². The zero-order chi connectivity index (χ0) is 15.8. The van der Waals surface area contributed by atoms with Gasteiger partial charge in [0.25, 0.3) is 0 Å². The molecule has 2 aliphatic rings. The van der Waals surface area contributed by atoms with Gasteiger partial charge < -0.3 is 5.32 Å². The largest absolute Gasteiger partial charge is 0.326 e. The van der Waals surface area contributed by atoms with Gasteiger partial charge in [0, 0.05) is 16.6 Å². The topological polar surface area (TPSA) is 29.1 Å². The molecule has 3 heteroatoms. The van der Waals surface area contributed by atoms with E-state index in [0.29, 0.717) is 22.8 Å². The Kier molecular flexibility index (Phi) is 3.86. The Labute approximate surface area is 141 Å². The molecule has 1 N–H and O–H groups in total. The van der Waals surface area contributed by atoms with Crippen LogP contribution in [-0.2, 0) is 4.79 Å². The number of amides is 1. The number of halogens is 1. The van der Waals surface area contributed by atoms with Crippen LogP contribution in [0.25, 0.3) is 0 Å². The van der Waals surface area contributed by atoms with Crippen LogP contribution in [0.1, 0.15) is 30.7 Å². The monoisotopic (exact) mass is 325 g/mol. The molecule has 0 radical (unpaired) electrons. The molecule has 1 amide bonds. The van der Waals surface area contributed by atoms with Crippen LogP contribution >= 0.6 is 11.6 Å². The van der Waals surface area contributed by atoms with E-state index in [9.17, 15) is 4.79 Å². The number of nitrogens with one attached hydrogen (secondary N) is 1. The number of benzene rings is 2. The lowest BCUT2D eigenvalue weighted by Gasteiger charge is -2.55. The number of rotatable bonds is 3. The first-order chi connectivity index (χ1) is 11.2. The van der Waals surface area contributed by atoms with Crippen molar-refractivity contribution in [3.63, 3.8) is 0 Å². The predicted octanol–water partition coefficient (Wildman–Crippen LogP) is 5.11. The molecule has 0 saturated heterocycles. The number of carbonyl (C=O) groups excluding carboxylic acids is 1. The molecule has 2 aromatic rings. The summed E-state index contributed by atoms with van der Waals surface area (Å²) in [6.07, 6.45) is 3.56. The Bertz CT molecular complexity index is 703. The second kappa shape index (κ2) is 6.01. The predicted molar refractivity (Wildman–Crippen MR) is 93.6 cm³/mol. The maximum Gasteiger partial charge on any atom is 0.228 e. The molecule has 2 saturated carbocycles. The molecule has 2 unspecified atom stereocenters. The highest BCUT2D eigenvalue weighted by Crippen LogP contribution is 2.60. The fraction of sp³-hybridized carbons (Fsp3) is 0.350. The van der Waals surface area contributed by atoms with Crippen LogP contribution in [0.5, 0.6) is 0 Å². The Morgan fingerprint density at radius 1 is 1.00 bits per heavy atom. The summed E-state index contributed by atoms with van der Waals surface area (Å²) < 4.78 is 0. The lowest BCUT2D eigenvalue weighted by Crippen LogP contribution is -2.53. The maximum atomic E-state index is 12.7. The maximum absolute atomic E-state index is 12.7. The van der Waals surface area contributed by atoms with Crippen molar-refractivity contribution in [2.24, 2.45) is 17.8 Å². The minimum Gasteiger partial charge on any atom is -0.326 e. The first kappa shape index (κ1) is 14.8. The van der Waals surface area contributed by atoms with E-state index in [0.717, 1.165) is 18.5 Å². The molecule has 23 heavy (non-hydrogen) atoms. The van der Waals surface area contributed by atoms with Gasteiger partial charge in [-0.25, -0.2) is 0 Å². The van der Waals surface area contributed by atoms with Crippen molar-refractivity contribution in [3.8, 4) is 0 Å². The number of fused-ring (bicyclic) bond motifs is 2. The van der Waals surface area contributed by atoms with Gasteiger partial charge in [-0.2, -0.15) is 0 Å². The molecule has 2 nitrogen and oxygen atoms in total. The average Bonchev–Trinajstić information content (AvgIpc) is 2.56. The first-order valence-corrected chi connectivity index (χ1v) is 8.73. The summed E-state index contributed by atoms with van der Waals surface area (Å²) in [5, 5.41) is 3.71. The average molecular weight is 326 g/mol. The van der Waals surface area contributed by atoms with Crippen LogP contribution in [0, 0.1) is 17.8 Å². The van der Waals surface area contributed by atoms with Gasteiger partial charge in [-0.3, -0.25) is 4.79 Å². The number of carbonyl (C=O) groups is 1. The van der Waals surface area contributed by atoms with Crippen molar-refractivity contribution < 1.29 is 4.79 Å². The van der Waals surface area contributed by atoms with E-state index in [1.807, 2.05) is 24.3 Å². The normalized spacial score (nSPS) is 28.7. The molecule has 0 spiro atoms. The third kappa shape index (κ3) is 2.66. The smallest absolute Gasteiger partial charge is 0.228 e. The fourth-order valence-electron chi connectivity index (χ4n) is 4.59. The van der Waals surface area contributed by atoms with E-state index in [1.54, 1.807) is 0 Å². The van der Waals surface area contributed by atoms with Gasteiger partial charge in [0.2, 0.25) is 5.91 Å². The zero-order valence-electron chi connectivity index (χ0n) is 12.9. The summed E-state index contributed by atoms with van der Waals surface area (Å²) in [4.78, 5) is 12.7. The van der Waals surface area contributed by atoms with Gasteiger partial charge in [-0.1, -0.05) is 54.4 Å². The number of hydrogen-bond acceptors (Lipinski definition) is 1. The number of hydrogen-bond donors (Lipinski definition) is 1. The van der Waals surface area contributed by atoms with Crippen LogP contribution in [0.15, 0.2) is 54.6 Å². The second-order valence-electron chi connectivity index (χ2n) is 6.72. The van der Waals surface area contributed by atoms with Crippen molar-refractivity contribution in [3.05, 3.63) is 65.2 Å². The van der Waals surface area contributed by atoms with Gasteiger partial charge >= 0.3 is 0 Å². The Morgan fingerprint density at radius 2 is 1.74 bits per heavy atom.